The number of rotatable bonds is 12. The quantitative estimate of drug-likeness (QED) is 0.337. The minimum absolute atomic E-state index is 0.0855. The predicted molar refractivity (Wildman–Crippen MR) is 141 cm³/mol. The first-order valence-electron chi connectivity index (χ1n) is 12.4. The molecule has 2 aromatic rings. The van der Waals surface area contributed by atoms with Crippen molar-refractivity contribution in [2.24, 2.45) is 7.05 Å². The maximum Gasteiger partial charge on any atom is 0.259 e. The monoisotopic (exact) mass is 502 g/mol. The largest absolute Gasteiger partial charge is 0.493 e. The number of benzene rings is 1. The highest BCUT2D eigenvalue weighted by atomic mass is 32.2. The minimum atomic E-state index is -0.282. The van der Waals surface area contributed by atoms with E-state index in [2.05, 4.69) is 21.4 Å². The van der Waals surface area contributed by atoms with Crippen LogP contribution in [0.2, 0.25) is 0 Å². The van der Waals surface area contributed by atoms with Crippen molar-refractivity contribution in [3.63, 3.8) is 0 Å². The fourth-order valence-corrected chi connectivity index (χ4v) is 5.35. The van der Waals surface area contributed by atoms with Crippen LogP contribution in [0, 0.1) is 0 Å². The first-order valence-corrected chi connectivity index (χ1v) is 13.2. The molecule has 1 aliphatic rings. The van der Waals surface area contributed by atoms with Crippen LogP contribution in [-0.4, -0.2) is 76.5 Å². The number of Topliss-reactive ketones (excluding diaryl/α,β-unsaturated/α-hetero) is 1. The Kier molecular flexibility index (Phi) is 10.2. The number of nitrogens with zero attached hydrogens (tertiary/aromatic N) is 3. The average Bonchev–Trinajstić information content (AvgIpc) is 3.14. The number of aromatic nitrogens is 1. The predicted octanol–water partition coefficient (Wildman–Crippen LogP) is 3.84. The van der Waals surface area contributed by atoms with Gasteiger partial charge in [-0.1, -0.05) is 13.3 Å². The Morgan fingerprint density at radius 1 is 1.17 bits per heavy atom. The van der Waals surface area contributed by atoms with E-state index in [9.17, 15) is 9.59 Å². The van der Waals surface area contributed by atoms with E-state index < -0.39 is 0 Å². The summed E-state index contributed by atoms with van der Waals surface area (Å²) in [4.78, 5) is 29.1. The number of carbonyl (C=O) groups is 2. The molecule has 3 rings (SSSR count). The van der Waals surface area contributed by atoms with Crippen molar-refractivity contribution >= 4 is 29.3 Å². The third kappa shape index (κ3) is 7.10. The third-order valence-corrected chi connectivity index (χ3v) is 7.13. The van der Waals surface area contributed by atoms with Crippen LogP contribution in [0.5, 0.6) is 5.75 Å². The molecule has 0 radical (unpaired) electrons. The van der Waals surface area contributed by atoms with E-state index in [1.807, 2.05) is 38.4 Å². The minimum Gasteiger partial charge on any atom is -0.493 e. The van der Waals surface area contributed by atoms with Gasteiger partial charge in [0.25, 0.3) is 5.91 Å². The molecule has 192 valence electrons. The van der Waals surface area contributed by atoms with Gasteiger partial charge in [0.15, 0.2) is 5.78 Å². The third-order valence-electron chi connectivity index (χ3n) is 6.05. The summed E-state index contributed by atoms with van der Waals surface area (Å²) in [6.07, 6.45) is 4.41. The summed E-state index contributed by atoms with van der Waals surface area (Å²) in [7, 11) is 1.83. The van der Waals surface area contributed by atoms with Crippen LogP contribution < -0.4 is 10.1 Å². The van der Waals surface area contributed by atoms with Crippen LogP contribution in [0.4, 0.5) is 5.69 Å². The lowest BCUT2D eigenvalue weighted by molar-refractivity contribution is 0.101. The fraction of sp³-hybridized carbons (Fsp3) is 0.538. The number of nitrogens with one attached hydrogen (secondary N) is 1. The zero-order chi connectivity index (χ0) is 25.4. The molecule has 1 aromatic carbocycles. The van der Waals surface area contributed by atoms with Gasteiger partial charge in [-0.25, -0.2) is 4.31 Å². The van der Waals surface area contributed by atoms with Gasteiger partial charge in [0, 0.05) is 64.4 Å². The smallest absolute Gasteiger partial charge is 0.259 e. The number of ketones is 1. The van der Waals surface area contributed by atoms with Crippen molar-refractivity contribution in [2.75, 3.05) is 51.3 Å². The summed E-state index contributed by atoms with van der Waals surface area (Å²) in [5.41, 5.74) is 2.51. The molecule has 1 saturated heterocycles. The lowest BCUT2D eigenvalue weighted by Gasteiger charge is -2.33. The van der Waals surface area contributed by atoms with Gasteiger partial charge in [-0.05, 0) is 55.5 Å². The molecule has 1 fully saturated rings. The molecule has 0 unspecified atom stereocenters. The number of hydrogen-bond acceptors (Lipinski definition) is 7. The van der Waals surface area contributed by atoms with Gasteiger partial charge in [-0.2, -0.15) is 0 Å². The highest BCUT2D eigenvalue weighted by Crippen LogP contribution is 2.31. The first-order chi connectivity index (χ1) is 16.9. The molecule has 9 heteroatoms. The van der Waals surface area contributed by atoms with Crippen LogP contribution in [0.1, 0.15) is 60.0 Å². The number of hydrogen-bond donors (Lipinski definition) is 2. The second-order valence-corrected chi connectivity index (χ2v) is 9.95. The van der Waals surface area contributed by atoms with E-state index in [0.717, 1.165) is 62.4 Å². The molecular formula is C26H38N4O4S. The molecule has 0 bridgehead atoms. The molecule has 0 saturated carbocycles. The maximum absolute atomic E-state index is 13.5. The Labute approximate surface area is 212 Å². The van der Waals surface area contributed by atoms with Crippen LogP contribution in [-0.2, 0) is 13.5 Å². The number of carbonyl (C=O) groups excluding carboxylic acids is 2. The molecule has 8 nitrogen and oxygen atoms in total. The molecule has 2 N–H and O–H groups in total. The Bertz CT molecular complexity index is 1020. The first kappa shape index (κ1) is 27.3. The molecular weight excluding hydrogens is 464 g/mol. The summed E-state index contributed by atoms with van der Waals surface area (Å²) >= 11 is 1.64. The number of amides is 1. The molecule has 0 aliphatic carbocycles. The summed E-state index contributed by atoms with van der Waals surface area (Å²) < 4.78 is 9.86. The van der Waals surface area contributed by atoms with Gasteiger partial charge in [0.1, 0.15) is 11.4 Å². The Hall–Kier alpha value is -2.33. The van der Waals surface area contributed by atoms with Gasteiger partial charge in [0.05, 0.1) is 17.9 Å². The number of piperazine rings is 1. The number of anilines is 1. The molecule has 1 amide bonds. The fourth-order valence-electron chi connectivity index (χ4n) is 4.41. The molecule has 2 heterocycles. The lowest BCUT2D eigenvalue weighted by atomic mass is 10.1. The van der Waals surface area contributed by atoms with E-state index >= 15 is 0 Å². The zero-order valence-corrected chi connectivity index (χ0v) is 22.1. The van der Waals surface area contributed by atoms with Crippen LogP contribution >= 0.6 is 11.9 Å². The van der Waals surface area contributed by atoms with Crippen LogP contribution in [0.3, 0.4) is 0 Å². The topological polar surface area (TPSA) is 87.0 Å². The number of aliphatic hydroxyl groups excluding tert-OH is 1. The van der Waals surface area contributed by atoms with Gasteiger partial charge >= 0.3 is 0 Å². The normalized spacial score (nSPS) is 14.8. The van der Waals surface area contributed by atoms with Gasteiger partial charge in [-0.3, -0.25) is 9.59 Å². The Morgan fingerprint density at radius 2 is 1.91 bits per heavy atom. The van der Waals surface area contributed by atoms with E-state index in [-0.39, 0.29) is 18.3 Å². The standard InChI is InChI=1S/C26H38N4O4S/c1-5-8-20-18-28(4)25(19(3)32)24(20)27-26(33)22-17-21(9-10-23(22)34-6-2)35-30-14-12-29(13-15-30)11-7-16-31/h9-10,17-18,31H,5-8,11-16H2,1-4H3,(H,27,33). The van der Waals surface area contributed by atoms with Gasteiger partial charge < -0.3 is 24.6 Å². The number of ether oxygens (including phenoxy) is 1. The van der Waals surface area contributed by atoms with Gasteiger partial charge in [-0.15, -0.1) is 0 Å². The highest BCUT2D eigenvalue weighted by molar-refractivity contribution is 7.97. The van der Waals surface area contributed by atoms with E-state index in [1.54, 1.807) is 16.5 Å². The highest BCUT2D eigenvalue weighted by Gasteiger charge is 2.23. The van der Waals surface area contributed by atoms with Crippen LogP contribution in [0.25, 0.3) is 0 Å². The number of aliphatic hydroxyl groups is 1. The summed E-state index contributed by atoms with van der Waals surface area (Å²) in [6.45, 7) is 10.8. The molecule has 35 heavy (non-hydrogen) atoms. The second-order valence-electron chi connectivity index (χ2n) is 8.78. The van der Waals surface area contributed by atoms with Crippen molar-refractivity contribution in [2.45, 2.75) is 44.9 Å². The van der Waals surface area contributed by atoms with Crippen molar-refractivity contribution in [3.05, 3.63) is 41.2 Å². The lowest BCUT2D eigenvalue weighted by Crippen LogP contribution is -2.43. The number of aryl methyl sites for hydroxylation is 2. The van der Waals surface area contributed by atoms with E-state index in [1.165, 1.54) is 6.92 Å². The molecule has 0 spiro atoms. The molecule has 0 atom stereocenters. The van der Waals surface area contributed by atoms with Crippen LogP contribution in [0.15, 0.2) is 29.3 Å². The van der Waals surface area contributed by atoms with Crippen molar-refractivity contribution in [1.82, 2.24) is 13.8 Å². The van der Waals surface area contributed by atoms with E-state index in [0.29, 0.717) is 29.3 Å². The van der Waals surface area contributed by atoms with Gasteiger partial charge in [0.2, 0.25) is 0 Å². The molecule has 1 aliphatic heterocycles. The SMILES string of the molecule is CCCc1cn(C)c(C(C)=O)c1NC(=O)c1cc(SN2CCN(CCCO)CC2)ccc1OCC. The zero-order valence-electron chi connectivity index (χ0n) is 21.3. The summed E-state index contributed by atoms with van der Waals surface area (Å²) in [5, 5.41) is 12.1. The molecule has 1 aromatic heterocycles. The summed E-state index contributed by atoms with van der Waals surface area (Å²) in [5.74, 6) is 0.161. The van der Waals surface area contributed by atoms with E-state index in [4.69, 9.17) is 9.84 Å². The average molecular weight is 503 g/mol. The Morgan fingerprint density at radius 3 is 2.54 bits per heavy atom. The maximum atomic E-state index is 13.5. The van der Waals surface area contributed by atoms with Crippen molar-refractivity contribution in [1.29, 1.82) is 0 Å². The second kappa shape index (κ2) is 13.1. The summed E-state index contributed by atoms with van der Waals surface area (Å²) in [6, 6.07) is 5.71. The van der Waals surface area contributed by atoms with Crippen molar-refractivity contribution < 1.29 is 19.4 Å². The van der Waals surface area contributed by atoms with Crippen molar-refractivity contribution in [3.8, 4) is 5.75 Å². The Balaban J connectivity index is 1.79.